The van der Waals surface area contributed by atoms with Crippen LogP contribution < -0.4 is 0 Å². The first-order valence-electron chi connectivity index (χ1n) is 4.84. The number of hydrogen-bond donors (Lipinski definition) is 2. The largest absolute Gasteiger partial charge is 0.283 e. The summed E-state index contributed by atoms with van der Waals surface area (Å²) in [5, 5.41) is 0. The first-order valence-corrected chi connectivity index (χ1v) is 6.10. The van der Waals surface area contributed by atoms with E-state index in [0.717, 1.165) is 17.8 Å². The molecule has 1 aliphatic rings. The van der Waals surface area contributed by atoms with Gasteiger partial charge in [0.15, 0.2) is 0 Å². The average molecular weight is 205 g/mol. The second-order valence-electron chi connectivity index (χ2n) is 3.52. The molecule has 1 saturated carbocycles. The standard InChI is InChI=1S/C9H19NS2/c11-7-10(8-12)9-5-3-1-2-4-6-9/h9,11-12H,1-8H2. The minimum atomic E-state index is 0.752. The van der Waals surface area contributed by atoms with Crippen LogP contribution in [0.25, 0.3) is 0 Å². The minimum absolute atomic E-state index is 0.752. The molecule has 0 bridgehead atoms. The van der Waals surface area contributed by atoms with Crippen molar-refractivity contribution in [2.75, 3.05) is 11.8 Å². The smallest absolute Gasteiger partial charge is 0.0425 e. The lowest BCUT2D eigenvalue weighted by Gasteiger charge is -2.27. The first-order chi connectivity index (χ1) is 5.88. The summed E-state index contributed by atoms with van der Waals surface area (Å²) >= 11 is 8.64. The van der Waals surface area contributed by atoms with Crippen molar-refractivity contribution in [3.8, 4) is 0 Å². The summed E-state index contributed by atoms with van der Waals surface area (Å²) in [6.07, 6.45) is 8.32. The van der Waals surface area contributed by atoms with E-state index in [4.69, 9.17) is 0 Å². The van der Waals surface area contributed by atoms with E-state index < -0.39 is 0 Å². The molecule has 0 radical (unpaired) electrons. The molecule has 0 heterocycles. The van der Waals surface area contributed by atoms with Gasteiger partial charge < -0.3 is 0 Å². The molecule has 0 aromatic rings. The third kappa shape index (κ3) is 3.19. The Bertz CT molecular complexity index is 107. The fourth-order valence-electron chi connectivity index (χ4n) is 1.90. The Balaban J connectivity index is 2.35. The maximum absolute atomic E-state index is 4.32. The van der Waals surface area contributed by atoms with Gasteiger partial charge in [0.25, 0.3) is 0 Å². The van der Waals surface area contributed by atoms with Gasteiger partial charge in [0.1, 0.15) is 0 Å². The Kier molecular flexibility index (Phi) is 5.52. The van der Waals surface area contributed by atoms with Gasteiger partial charge in [-0.3, -0.25) is 4.90 Å². The predicted molar refractivity (Wildman–Crippen MR) is 61.0 cm³/mol. The van der Waals surface area contributed by atoms with E-state index >= 15 is 0 Å². The third-order valence-electron chi connectivity index (χ3n) is 2.70. The lowest BCUT2D eigenvalue weighted by molar-refractivity contribution is 0.248. The Morgan fingerprint density at radius 3 is 1.83 bits per heavy atom. The summed E-state index contributed by atoms with van der Waals surface area (Å²) in [6, 6.07) is 0.752. The Morgan fingerprint density at radius 1 is 0.917 bits per heavy atom. The van der Waals surface area contributed by atoms with Crippen LogP contribution in [-0.2, 0) is 0 Å². The van der Waals surface area contributed by atoms with Gasteiger partial charge in [-0.25, -0.2) is 0 Å². The predicted octanol–water partition coefficient (Wildman–Crippen LogP) is 2.79. The van der Waals surface area contributed by atoms with E-state index in [-0.39, 0.29) is 0 Å². The fraction of sp³-hybridized carbons (Fsp3) is 1.00. The second-order valence-corrected chi connectivity index (χ2v) is 4.08. The van der Waals surface area contributed by atoms with Gasteiger partial charge in [-0.2, -0.15) is 25.3 Å². The lowest BCUT2D eigenvalue weighted by Crippen LogP contribution is -2.32. The van der Waals surface area contributed by atoms with Gasteiger partial charge in [-0.05, 0) is 12.8 Å². The van der Waals surface area contributed by atoms with Gasteiger partial charge in [0.05, 0.1) is 0 Å². The van der Waals surface area contributed by atoms with Crippen molar-refractivity contribution >= 4 is 25.3 Å². The van der Waals surface area contributed by atoms with Crippen LogP contribution >= 0.6 is 25.3 Å². The fourth-order valence-corrected chi connectivity index (χ4v) is 2.72. The highest BCUT2D eigenvalue weighted by Gasteiger charge is 2.17. The number of nitrogens with zero attached hydrogens (tertiary/aromatic N) is 1. The molecule has 1 nitrogen and oxygen atoms in total. The molecule has 72 valence electrons. The van der Waals surface area contributed by atoms with E-state index in [9.17, 15) is 0 Å². The molecule has 0 spiro atoms. The van der Waals surface area contributed by atoms with Crippen LogP contribution in [0.1, 0.15) is 38.5 Å². The zero-order chi connectivity index (χ0) is 8.81. The molecule has 1 aliphatic carbocycles. The summed E-state index contributed by atoms with van der Waals surface area (Å²) in [6.45, 7) is 0. The molecule has 0 N–H and O–H groups in total. The van der Waals surface area contributed by atoms with Crippen LogP contribution in [-0.4, -0.2) is 22.7 Å². The average Bonchev–Trinajstić information content (AvgIpc) is 2.35. The monoisotopic (exact) mass is 205 g/mol. The van der Waals surface area contributed by atoms with Crippen molar-refractivity contribution in [1.82, 2.24) is 4.90 Å². The van der Waals surface area contributed by atoms with Crippen molar-refractivity contribution < 1.29 is 0 Å². The SMILES string of the molecule is SCN(CS)C1CCCCCC1. The second kappa shape index (κ2) is 6.17. The van der Waals surface area contributed by atoms with Crippen molar-refractivity contribution in [2.24, 2.45) is 0 Å². The maximum atomic E-state index is 4.32. The number of rotatable bonds is 3. The quantitative estimate of drug-likeness (QED) is 0.407. The molecule has 12 heavy (non-hydrogen) atoms. The van der Waals surface area contributed by atoms with Crippen LogP contribution in [0.15, 0.2) is 0 Å². The zero-order valence-corrected chi connectivity index (χ0v) is 9.36. The summed E-state index contributed by atoms with van der Waals surface area (Å²) < 4.78 is 0. The molecule has 0 aromatic carbocycles. The van der Waals surface area contributed by atoms with Gasteiger partial charge in [-0.1, -0.05) is 25.7 Å². The van der Waals surface area contributed by atoms with Crippen LogP contribution in [0.4, 0.5) is 0 Å². The van der Waals surface area contributed by atoms with E-state index in [1.54, 1.807) is 0 Å². The molecule has 0 unspecified atom stereocenters. The summed E-state index contributed by atoms with van der Waals surface area (Å²) in [4.78, 5) is 2.36. The van der Waals surface area contributed by atoms with Gasteiger partial charge in [0.2, 0.25) is 0 Å². The van der Waals surface area contributed by atoms with Crippen molar-refractivity contribution in [3.05, 3.63) is 0 Å². The molecular formula is C9H19NS2. The lowest BCUT2D eigenvalue weighted by atomic mass is 10.1. The molecule has 3 heteroatoms. The van der Waals surface area contributed by atoms with E-state index in [2.05, 4.69) is 30.2 Å². The van der Waals surface area contributed by atoms with Gasteiger partial charge >= 0.3 is 0 Å². The molecule has 0 aliphatic heterocycles. The normalized spacial score (nSPS) is 21.2. The van der Waals surface area contributed by atoms with Crippen LogP contribution in [0.2, 0.25) is 0 Å². The number of hydrogen-bond acceptors (Lipinski definition) is 3. The van der Waals surface area contributed by atoms with Crippen LogP contribution in [0.3, 0.4) is 0 Å². The van der Waals surface area contributed by atoms with Crippen LogP contribution in [0.5, 0.6) is 0 Å². The highest BCUT2D eigenvalue weighted by Crippen LogP contribution is 2.22. The van der Waals surface area contributed by atoms with Crippen LogP contribution in [0, 0.1) is 0 Å². The van der Waals surface area contributed by atoms with E-state index in [1.807, 2.05) is 0 Å². The Morgan fingerprint density at radius 2 is 1.42 bits per heavy atom. The summed E-state index contributed by atoms with van der Waals surface area (Å²) in [5.74, 6) is 1.71. The van der Waals surface area contributed by atoms with Crippen molar-refractivity contribution in [1.29, 1.82) is 0 Å². The van der Waals surface area contributed by atoms with Gasteiger partial charge in [-0.15, -0.1) is 0 Å². The summed E-state index contributed by atoms with van der Waals surface area (Å²) in [5.41, 5.74) is 0. The Labute approximate surface area is 86.7 Å². The molecule has 0 amide bonds. The van der Waals surface area contributed by atoms with Crippen molar-refractivity contribution in [2.45, 2.75) is 44.6 Å². The van der Waals surface area contributed by atoms with Crippen molar-refractivity contribution in [3.63, 3.8) is 0 Å². The molecule has 0 saturated heterocycles. The molecule has 0 atom stereocenters. The minimum Gasteiger partial charge on any atom is -0.283 e. The maximum Gasteiger partial charge on any atom is 0.0425 e. The third-order valence-corrected chi connectivity index (χ3v) is 3.43. The molecule has 1 rings (SSSR count). The van der Waals surface area contributed by atoms with Gasteiger partial charge in [0, 0.05) is 17.8 Å². The number of thiol groups is 2. The zero-order valence-electron chi connectivity index (χ0n) is 7.58. The Hall–Kier alpha value is 0.660. The topological polar surface area (TPSA) is 3.24 Å². The van der Waals surface area contributed by atoms with E-state index in [1.165, 1.54) is 38.5 Å². The molecule has 1 fully saturated rings. The molecule has 0 aromatic heterocycles. The highest BCUT2D eigenvalue weighted by atomic mass is 32.1. The molecular weight excluding hydrogens is 186 g/mol. The highest BCUT2D eigenvalue weighted by molar-refractivity contribution is 7.81. The first kappa shape index (κ1) is 10.7. The summed E-state index contributed by atoms with van der Waals surface area (Å²) in [7, 11) is 0. The van der Waals surface area contributed by atoms with E-state index in [0.29, 0.717) is 0 Å².